The van der Waals surface area contributed by atoms with Crippen molar-refractivity contribution in [3.63, 3.8) is 0 Å². The molecule has 0 bridgehead atoms. The zero-order chi connectivity index (χ0) is 25.3. The Morgan fingerprint density at radius 3 is 2.47 bits per heavy atom. The number of oxime groups is 1. The van der Waals surface area contributed by atoms with Gasteiger partial charge in [0.15, 0.2) is 5.84 Å². The molecule has 0 saturated heterocycles. The van der Waals surface area contributed by atoms with Gasteiger partial charge in [0, 0.05) is 24.0 Å². The molecule has 0 unspecified atom stereocenters. The predicted molar refractivity (Wildman–Crippen MR) is 131 cm³/mol. The zero-order valence-corrected chi connectivity index (χ0v) is 20.5. The minimum atomic E-state index is -0.925. The molecule has 0 aliphatic carbocycles. The molecule has 1 aromatic heterocycles. The van der Waals surface area contributed by atoms with Crippen LogP contribution in [-0.2, 0) is 14.4 Å². The maximum absolute atomic E-state index is 11.2. The molecular formula is C25H35N3O6. The number of methoxy groups -OCH3 is 1. The van der Waals surface area contributed by atoms with Crippen LogP contribution in [0.15, 0.2) is 69.8 Å². The molecule has 0 amide bonds. The van der Waals surface area contributed by atoms with E-state index in [2.05, 4.69) is 10.3 Å². The maximum atomic E-state index is 11.2. The normalized spacial score (nSPS) is 12.9. The van der Waals surface area contributed by atoms with Gasteiger partial charge in [0.25, 0.3) is 0 Å². The second kappa shape index (κ2) is 16.0. The van der Waals surface area contributed by atoms with Gasteiger partial charge in [-0.25, -0.2) is 0 Å². The first kappa shape index (κ1) is 28.3. The van der Waals surface area contributed by atoms with E-state index < -0.39 is 11.9 Å². The highest BCUT2D eigenvalue weighted by Gasteiger charge is 2.20. The maximum Gasteiger partial charge on any atom is 0.304 e. The third-order valence-electron chi connectivity index (χ3n) is 4.56. The van der Waals surface area contributed by atoms with Crippen molar-refractivity contribution in [2.45, 2.75) is 46.5 Å². The number of ether oxygens (including phenoxy) is 2. The minimum absolute atomic E-state index is 0.0365. The number of benzene rings is 1. The lowest BCUT2D eigenvalue weighted by molar-refractivity contribution is -0.137. The van der Waals surface area contributed by atoms with E-state index in [0.717, 1.165) is 23.3 Å². The van der Waals surface area contributed by atoms with Crippen molar-refractivity contribution < 1.29 is 28.7 Å². The molecule has 0 fully saturated rings. The van der Waals surface area contributed by atoms with Crippen molar-refractivity contribution in [2.24, 2.45) is 10.9 Å². The van der Waals surface area contributed by atoms with Gasteiger partial charge in [0.1, 0.15) is 31.0 Å². The van der Waals surface area contributed by atoms with Crippen LogP contribution in [0.1, 0.15) is 57.7 Å². The van der Waals surface area contributed by atoms with Crippen molar-refractivity contribution in [3.8, 4) is 5.75 Å². The van der Waals surface area contributed by atoms with Crippen molar-refractivity contribution in [3.05, 3.63) is 71.3 Å². The lowest BCUT2D eigenvalue weighted by Gasteiger charge is -2.13. The summed E-state index contributed by atoms with van der Waals surface area (Å²) in [5.74, 6) is 0.213. The highest BCUT2D eigenvalue weighted by Crippen LogP contribution is 2.28. The average Bonchev–Trinajstić information content (AvgIpc) is 3.38. The molecule has 9 nitrogen and oxygen atoms in total. The van der Waals surface area contributed by atoms with Crippen molar-refractivity contribution in [2.75, 3.05) is 20.3 Å². The third-order valence-corrected chi connectivity index (χ3v) is 4.56. The number of rotatable bonds is 13. The van der Waals surface area contributed by atoms with Gasteiger partial charge in [-0.15, -0.1) is 0 Å². The van der Waals surface area contributed by atoms with Crippen LogP contribution in [0.5, 0.6) is 5.75 Å². The number of hydrogen-bond donors (Lipinski definition) is 2. The molecule has 9 heteroatoms. The summed E-state index contributed by atoms with van der Waals surface area (Å²) >= 11 is 0. The Morgan fingerprint density at radius 1 is 1.24 bits per heavy atom. The van der Waals surface area contributed by atoms with E-state index in [1.807, 2.05) is 39.8 Å². The van der Waals surface area contributed by atoms with Crippen LogP contribution >= 0.6 is 0 Å². The lowest BCUT2D eigenvalue weighted by Crippen LogP contribution is -2.21. The molecule has 186 valence electrons. The monoisotopic (exact) mass is 473 g/mol. The van der Waals surface area contributed by atoms with Gasteiger partial charge in [0.2, 0.25) is 0 Å². The minimum Gasteiger partial charge on any atom is -0.501 e. The molecular weight excluding hydrogens is 438 g/mol. The summed E-state index contributed by atoms with van der Waals surface area (Å²) in [7, 11) is 1.62. The fourth-order valence-corrected chi connectivity index (χ4v) is 3.06. The van der Waals surface area contributed by atoms with Crippen LogP contribution < -0.4 is 10.5 Å². The molecule has 1 atom stereocenters. The lowest BCUT2D eigenvalue weighted by atomic mass is 9.92. The van der Waals surface area contributed by atoms with E-state index >= 15 is 0 Å². The van der Waals surface area contributed by atoms with Gasteiger partial charge in [-0.1, -0.05) is 55.4 Å². The van der Waals surface area contributed by atoms with Gasteiger partial charge in [-0.05, 0) is 24.6 Å². The van der Waals surface area contributed by atoms with E-state index in [-0.39, 0.29) is 25.5 Å². The third kappa shape index (κ3) is 9.40. The van der Waals surface area contributed by atoms with Crippen molar-refractivity contribution in [1.29, 1.82) is 0 Å². The summed E-state index contributed by atoms with van der Waals surface area (Å²) in [6.45, 7) is 8.17. The summed E-state index contributed by atoms with van der Waals surface area (Å²) in [5, 5.41) is 17.0. The van der Waals surface area contributed by atoms with Crippen LogP contribution in [0.25, 0.3) is 0 Å². The number of aliphatic carboxylic acids is 1. The Labute approximate surface area is 200 Å². The Hall–Kier alpha value is -3.75. The van der Waals surface area contributed by atoms with Gasteiger partial charge >= 0.3 is 5.97 Å². The van der Waals surface area contributed by atoms with E-state index in [4.69, 9.17) is 24.6 Å². The number of hydrogen-bond acceptors (Lipinski definition) is 7. The van der Waals surface area contributed by atoms with Gasteiger partial charge in [-0.3, -0.25) is 4.79 Å². The van der Waals surface area contributed by atoms with Crippen molar-refractivity contribution in [1.82, 2.24) is 5.16 Å². The van der Waals surface area contributed by atoms with Crippen LogP contribution in [-0.4, -0.2) is 42.4 Å². The fraction of sp³-hybridized carbons (Fsp3) is 0.400. The highest BCUT2D eigenvalue weighted by molar-refractivity contribution is 5.81. The summed E-state index contributed by atoms with van der Waals surface area (Å²) in [4.78, 5) is 16.6. The summed E-state index contributed by atoms with van der Waals surface area (Å²) in [6.07, 6.45) is 5.86. The molecule has 2 rings (SSSR count). The molecule has 0 spiro atoms. The Kier molecular flexibility index (Phi) is 13.3. The number of aromatic nitrogens is 1. The zero-order valence-electron chi connectivity index (χ0n) is 20.5. The average molecular weight is 474 g/mol. The van der Waals surface area contributed by atoms with Gasteiger partial charge in [-0.2, -0.15) is 0 Å². The number of carboxylic acids is 1. The molecule has 0 saturated carbocycles. The number of carbonyl (C=O) groups is 1. The number of nitrogens with two attached hydrogens (primary N) is 1. The summed E-state index contributed by atoms with van der Waals surface area (Å²) in [5.41, 5.74) is 8.09. The van der Waals surface area contributed by atoms with E-state index in [9.17, 15) is 9.90 Å². The first-order valence-electron chi connectivity index (χ1n) is 11.2. The molecule has 0 radical (unpaired) electrons. The molecule has 1 aromatic carbocycles. The molecule has 3 N–H and O–H groups in total. The van der Waals surface area contributed by atoms with Gasteiger partial charge in [0.05, 0.1) is 19.2 Å². The number of carboxylic acid groups (broad SMARTS) is 1. The quantitative estimate of drug-likeness (QED) is 0.139. The Morgan fingerprint density at radius 2 is 1.94 bits per heavy atom. The topological polar surface area (TPSA) is 129 Å². The highest BCUT2D eigenvalue weighted by atomic mass is 16.6. The number of nitrogens with zero attached hydrogens (tertiary/aromatic N) is 2. The molecule has 0 aliphatic heterocycles. The standard InChI is InChI=1S/C23H29N3O6.C2H6/c1-4-6-17(21(5-2)29-3)14-32-26-22(24)15-30-18-9-7-16(8-10-18)19(13-23(27)28)20-11-12-31-25-20;1-2/h4,6-12,19H,5,13-15H2,1-3H3,(H2,24,26)(H,27,28);1-2H3/b6-4-,21-17-;/t19-;/m0./s1. The van der Waals surface area contributed by atoms with Crippen molar-refractivity contribution >= 4 is 11.8 Å². The summed E-state index contributed by atoms with van der Waals surface area (Å²) < 4.78 is 15.8. The number of allylic oxidation sites excluding steroid dienone is 2. The Balaban J connectivity index is 0.00000281. The molecule has 2 aromatic rings. The molecule has 1 heterocycles. The Bertz CT molecular complexity index is 928. The SMILES string of the molecule is C/C=C\C(CO/N=C(\N)COc1ccc([C@H](CC(=O)O)c2ccon2)cc1)=C(/CC)OC.CC. The van der Waals surface area contributed by atoms with Crippen LogP contribution in [0.4, 0.5) is 0 Å². The van der Waals surface area contributed by atoms with Crippen LogP contribution in [0.3, 0.4) is 0 Å². The second-order valence-corrected chi connectivity index (χ2v) is 6.79. The summed E-state index contributed by atoms with van der Waals surface area (Å²) in [6, 6.07) is 8.69. The van der Waals surface area contributed by atoms with Crippen LogP contribution in [0.2, 0.25) is 0 Å². The smallest absolute Gasteiger partial charge is 0.304 e. The van der Waals surface area contributed by atoms with Crippen LogP contribution in [0, 0.1) is 0 Å². The molecule has 0 aliphatic rings. The van der Waals surface area contributed by atoms with E-state index in [1.165, 1.54) is 6.26 Å². The first-order chi connectivity index (χ1) is 16.5. The predicted octanol–water partition coefficient (Wildman–Crippen LogP) is 4.86. The van der Waals surface area contributed by atoms with E-state index in [0.29, 0.717) is 11.4 Å². The van der Waals surface area contributed by atoms with E-state index in [1.54, 1.807) is 37.4 Å². The second-order valence-electron chi connectivity index (χ2n) is 6.79. The first-order valence-corrected chi connectivity index (χ1v) is 11.2. The fourth-order valence-electron chi connectivity index (χ4n) is 3.06. The molecule has 34 heavy (non-hydrogen) atoms. The number of amidine groups is 1. The van der Waals surface area contributed by atoms with Gasteiger partial charge < -0.3 is 29.7 Å². The largest absolute Gasteiger partial charge is 0.501 e.